The Labute approximate surface area is 126 Å². The van der Waals surface area contributed by atoms with Gasteiger partial charge in [-0.1, -0.05) is 24.3 Å². The van der Waals surface area contributed by atoms with Crippen LogP contribution in [0, 0.1) is 11.3 Å². The standard InChI is InChI=1S/C16H14F3N3/c17-16(18,19)13-4-5-15(22-10-13)14(9-21)12-3-1-2-11(8-12)6-7-20/h1-5,8,10,14H,6-7,20H2. The number of pyridine rings is 1. The van der Waals surface area contributed by atoms with Crippen molar-refractivity contribution in [3.8, 4) is 6.07 Å². The van der Waals surface area contributed by atoms with Crippen LogP contribution in [0.15, 0.2) is 42.6 Å². The summed E-state index contributed by atoms with van der Waals surface area (Å²) in [5.74, 6) is -0.708. The Morgan fingerprint density at radius 1 is 1.23 bits per heavy atom. The van der Waals surface area contributed by atoms with Gasteiger partial charge in [0.1, 0.15) is 5.92 Å². The summed E-state index contributed by atoms with van der Waals surface area (Å²) in [6, 6.07) is 11.6. The lowest BCUT2D eigenvalue weighted by atomic mass is 9.94. The van der Waals surface area contributed by atoms with E-state index in [2.05, 4.69) is 11.1 Å². The molecule has 114 valence electrons. The van der Waals surface area contributed by atoms with Gasteiger partial charge in [-0.2, -0.15) is 18.4 Å². The second-order valence-electron chi connectivity index (χ2n) is 4.82. The molecule has 3 nitrogen and oxygen atoms in total. The number of halogens is 3. The molecule has 0 saturated carbocycles. The molecule has 0 amide bonds. The van der Waals surface area contributed by atoms with Crippen molar-refractivity contribution in [2.75, 3.05) is 6.54 Å². The third-order valence-corrected chi connectivity index (χ3v) is 3.26. The van der Waals surface area contributed by atoms with Crippen LogP contribution in [0.4, 0.5) is 13.2 Å². The van der Waals surface area contributed by atoms with Crippen LogP contribution in [-0.2, 0) is 12.6 Å². The van der Waals surface area contributed by atoms with E-state index in [0.29, 0.717) is 24.2 Å². The Bertz CT molecular complexity index is 672. The lowest BCUT2D eigenvalue weighted by molar-refractivity contribution is -0.137. The van der Waals surface area contributed by atoms with Crippen LogP contribution < -0.4 is 5.73 Å². The average molecular weight is 305 g/mol. The summed E-state index contributed by atoms with van der Waals surface area (Å²) < 4.78 is 37.6. The summed E-state index contributed by atoms with van der Waals surface area (Å²) in [7, 11) is 0. The van der Waals surface area contributed by atoms with Gasteiger partial charge in [0.15, 0.2) is 0 Å². The Balaban J connectivity index is 2.32. The number of hydrogen-bond donors (Lipinski definition) is 1. The van der Waals surface area contributed by atoms with Gasteiger partial charge in [0.2, 0.25) is 0 Å². The number of nitriles is 1. The van der Waals surface area contributed by atoms with Crippen molar-refractivity contribution in [1.82, 2.24) is 4.98 Å². The van der Waals surface area contributed by atoms with Crippen LogP contribution in [0.5, 0.6) is 0 Å². The number of hydrogen-bond acceptors (Lipinski definition) is 3. The van der Waals surface area contributed by atoms with Crippen LogP contribution >= 0.6 is 0 Å². The molecule has 0 radical (unpaired) electrons. The molecule has 1 unspecified atom stereocenters. The molecule has 1 aromatic heterocycles. The zero-order valence-electron chi connectivity index (χ0n) is 11.6. The molecule has 0 bridgehead atoms. The van der Waals surface area contributed by atoms with Crippen molar-refractivity contribution in [2.24, 2.45) is 5.73 Å². The smallest absolute Gasteiger partial charge is 0.330 e. The number of benzene rings is 1. The van der Waals surface area contributed by atoms with E-state index < -0.39 is 17.7 Å². The van der Waals surface area contributed by atoms with Crippen molar-refractivity contribution in [3.05, 3.63) is 65.0 Å². The summed E-state index contributed by atoms with van der Waals surface area (Å²) in [4.78, 5) is 3.80. The van der Waals surface area contributed by atoms with Crippen LogP contribution in [0.3, 0.4) is 0 Å². The lowest BCUT2D eigenvalue weighted by Crippen LogP contribution is -2.08. The summed E-state index contributed by atoms with van der Waals surface area (Å²) in [5.41, 5.74) is 6.64. The third kappa shape index (κ3) is 3.62. The number of nitrogens with zero attached hydrogens (tertiary/aromatic N) is 2. The third-order valence-electron chi connectivity index (χ3n) is 3.26. The van der Waals surface area contributed by atoms with Crippen LogP contribution in [0.1, 0.15) is 28.3 Å². The van der Waals surface area contributed by atoms with Crippen molar-refractivity contribution in [3.63, 3.8) is 0 Å². The fourth-order valence-electron chi connectivity index (χ4n) is 2.15. The summed E-state index contributed by atoms with van der Waals surface area (Å²) in [6.07, 6.45) is -3.01. The fourth-order valence-corrected chi connectivity index (χ4v) is 2.15. The van der Waals surface area contributed by atoms with E-state index in [9.17, 15) is 18.4 Å². The lowest BCUT2D eigenvalue weighted by Gasteiger charge is -2.12. The number of nitrogens with two attached hydrogens (primary N) is 1. The minimum absolute atomic E-state index is 0.292. The molecule has 2 aromatic rings. The maximum Gasteiger partial charge on any atom is 0.417 e. The van der Waals surface area contributed by atoms with E-state index in [1.807, 2.05) is 12.1 Å². The average Bonchev–Trinajstić information content (AvgIpc) is 2.48. The first-order valence-corrected chi connectivity index (χ1v) is 6.67. The first-order valence-electron chi connectivity index (χ1n) is 6.67. The minimum Gasteiger partial charge on any atom is -0.330 e. The predicted octanol–water partition coefficient (Wildman–Crippen LogP) is 3.26. The summed E-state index contributed by atoms with van der Waals surface area (Å²) in [5, 5.41) is 9.35. The second kappa shape index (κ2) is 6.58. The maximum absolute atomic E-state index is 12.5. The van der Waals surface area contributed by atoms with Gasteiger partial charge in [0.05, 0.1) is 17.3 Å². The topological polar surface area (TPSA) is 62.7 Å². The highest BCUT2D eigenvalue weighted by Gasteiger charge is 2.31. The van der Waals surface area contributed by atoms with Crippen molar-refractivity contribution in [1.29, 1.82) is 5.26 Å². The number of alkyl halides is 3. The van der Waals surface area contributed by atoms with Gasteiger partial charge in [-0.3, -0.25) is 4.98 Å². The Kier molecular flexibility index (Phi) is 4.78. The summed E-state index contributed by atoms with van der Waals surface area (Å²) >= 11 is 0. The van der Waals surface area contributed by atoms with Crippen LogP contribution in [0.2, 0.25) is 0 Å². The molecule has 0 spiro atoms. The van der Waals surface area contributed by atoms with Gasteiger partial charge in [0.25, 0.3) is 0 Å². The number of aromatic nitrogens is 1. The predicted molar refractivity (Wildman–Crippen MR) is 75.9 cm³/mol. The molecule has 2 N–H and O–H groups in total. The highest BCUT2D eigenvalue weighted by molar-refractivity contribution is 5.37. The van der Waals surface area contributed by atoms with E-state index in [0.717, 1.165) is 17.8 Å². The molecule has 0 aliphatic rings. The molecule has 22 heavy (non-hydrogen) atoms. The molecular weight excluding hydrogens is 291 g/mol. The van der Waals surface area contributed by atoms with Gasteiger partial charge in [0, 0.05) is 6.20 Å². The first kappa shape index (κ1) is 16.0. The minimum atomic E-state index is -4.44. The molecule has 1 aromatic carbocycles. The molecular formula is C16H14F3N3. The molecule has 1 atom stereocenters. The zero-order valence-corrected chi connectivity index (χ0v) is 11.6. The first-order chi connectivity index (χ1) is 10.5. The zero-order chi connectivity index (χ0) is 16.2. The highest BCUT2D eigenvalue weighted by atomic mass is 19.4. The fraction of sp³-hybridized carbons (Fsp3) is 0.250. The monoisotopic (exact) mass is 305 g/mol. The normalized spacial score (nSPS) is 12.7. The van der Waals surface area contributed by atoms with E-state index in [4.69, 9.17) is 5.73 Å². The number of rotatable bonds is 4. The largest absolute Gasteiger partial charge is 0.417 e. The second-order valence-corrected chi connectivity index (χ2v) is 4.82. The van der Waals surface area contributed by atoms with Gasteiger partial charge >= 0.3 is 6.18 Å². The highest BCUT2D eigenvalue weighted by Crippen LogP contribution is 2.30. The summed E-state index contributed by atoms with van der Waals surface area (Å²) in [6.45, 7) is 0.485. The van der Waals surface area contributed by atoms with E-state index in [-0.39, 0.29) is 0 Å². The van der Waals surface area contributed by atoms with Crippen LogP contribution in [0.25, 0.3) is 0 Å². The Morgan fingerprint density at radius 3 is 2.55 bits per heavy atom. The van der Waals surface area contributed by atoms with E-state index >= 15 is 0 Å². The quantitative estimate of drug-likeness (QED) is 0.943. The molecule has 0 aliphatic heterocycles. The molecule has 1 heterocycles. The van der Waals surface area contributed by atoms with Crippen molar-refractivity contribution >= 4 is 0 Å². The van der Waals surface area contributed by atoms with Crippen molar-refractivity contribution < 1.29 is 13.2 Å². The maximum atomic E-state index is 12.5. The molecule has 2 rings (SSSR count). The molecule has 0 fully saturated rings. The van der Waals surface area contributed by atoms with Crippen molar-refractivity contribution in [2.45, 2.75) is 18.5 Å². The Morgan fingerprint density at radius 2 is 2.00 bits per heavy atom. The van der Waals surface area contributed by atoms with Gasteiger partial charge < -0.3 is 5.73 Å². The van der Waals surface area contributed by atoms with Crippen LogP contribution in [-0.4, -0.2) is 11.5 Å². The Hall–Kier alpha value is -2.39. The van der Waals surface area contributed by atoms with Gasteiger partial charge in [-0.25, -0.2) is 0 Å². The molecule has 0 saturated heterocycles. The van der Waals surface area contributed by atoms with E-state index in [1.165, 1.54) is 6.07 Å². The van der Waals surface area contributed by atoms with E-state index in [1.54, 1.807) is 12.1 Å². The van der Waals surface area contributed by atoms with Gasteiger partial charge in [-0.05, 0) is 36.2 Å². The van der Waals surface area contributed by atoms with Gasteiger partial charge in [-0.15, -0.1) is 0 Å². The SMILES string of the molecule is N#CC(c1cccc(CCN)c1)c1ccc(C(F)(F)F)cn1. The molecule has 0 aliphatic carbocycles. The molecule has 6 heteroatoms.